The van der Waals surface area contributed by atoms with Crippen molar-refractivity contribution in [2.45, 2.75) is 15.9 Å². The number of thioether (sulfide) groups is 2. The smallest absolute Gasteiger partial charge is 0.284 e. The molecule has 0 aliphatic heterocycles. The van der Waals surface area contributed by atoms with Gasteiger partial charge in [-0.05, 0) is 36.1 Å². The molecule has 0 fully saturated rings. The van der Waals surface area contributed by atoms with Crippen LogP contribution in [0.2, 0.25) is 0 Å². The van der Waals surface area contributed by atoms with Crippen molar-refractivity contribution in [3.63, 3.8) is 0 Å². The van der Waals surface area contributed by atoms with Gasteiger partial charge in [0, 0.05) is 10.6 Å². The van der Waals surface area contributed by atoms with E-state index in [1.807, 2.05) is 0 Å². The SMILES string of the molecule is CSc1ccc(CSc2nnc(-c3ccco3)o2)cc1. The molecule has 0 N–H and O–H groups in total. The number of rotatable bonds is 5. The highest BCUT2D eigenvalue weighted by Crippen LogP contribution is 2.26. The van der Waals surface area contributed by atoms with Crippen LogP contribution in [0, 0.1) is 0 Å². The van der Waals surface area contributed by atoms with Crippen molar-refractivity contribution >= 4 is 23.5 Å². The highest BCUT2D eigenvalue weighted by atomic mass is 32.2. The predicted octanol–water partition coefficient (Wildman–Crippen LogP) is 4.34. The lowest BCUT2D eigenvalue weighted by atomic mass is 10.2. The molecular weight excluding hydrogens is 292 g/mol. The first-order valence-electron chi connectivity index (χ1n) is 5.98. The zero-order chi connectivity index (χ0) is 13.8. The zero-order valence-electron chi connectivity index (χ0n) is 10.8. The largest absolute Gasteiger partial charge is 0.459 e. The molecule has 0 saturated carbocycles. The van der Waals surface area contributed by atoms with Crippen LogP contribution in [0.25, 0.3) is 11.7 Å². The molecule has 3 rings (SSSR count). The maximum Gasteiger partial charge on any atom is 0.284 e. The summed E-state index contributed by atoms with van der Waals surface area (Å²) in [5, 5.41) is 8.51. The molecule has 6 heteroatoms. The zero-order valence-corrected chi connectivity index (χ0v) is 12.4. The van der Waals surface area contributed by atoms with Crippen LogP contribution in [0.15, 0.2) is 61.6 Å². The molecule has 1 aromatic carbocycles. The molecule has 20 heavy (non-hydrogen) atoms. The molecule has 2 heterocycles. The van der Waals surface area contributed by atoms with E-state index in [-0.39, 0.29) is 0 Å². The van der Waals surface area contributed by atoms with Gasteiger partial charge < -0.3 is 8.83 Å². The minimum Gasteiger partial charge on any atom is -0.459 e. The molecule has 0 amide bonds. The van der Waals surface area contributed by atoms with Crippen molar-refractivity contribution in [3.8, 4) is 11.7 Å². The summed E-state index contributed by atoms with van der Waals surface area (Å²) in [6.45, 7) is 0. The van der Waals surface area contributed by atoms with E-state index in [9.17, 15) is 0 Å². The average molecular weight is 304 g/mol. The van der Waals surface area contributed by atoms with Crippen LogP contribution >= 0.6 is 23.5 Å². The Morgan fingerprint density at radius 2 is 1.95 bits per heavy atom. The number of benzene rings is 1. The Morgan fingerprint density at radius 3 is 2.65 bits per heavy atom. The number of aromatic nitrogens is 2. The first-order valence-corrected chi connectivity index (χ1v) is 8.19. The first kappa shape index (κ1) is 13.3. The first-order chi connectivity index (χ1) is 9.85. The minimum atomic E-state index is 0.412. The van der Waals surface area contributed by atoms with Crippen molar-refractivity contribution in [2.75, 3.05) is 6.26 Å². The molecule has 4 nitrogen and oxygen atoms in total. The van der Waals surface area contributed by atoms with Gasteiger partial charge in [-0.1, -0.05) is 23.9 Å². The van der Waals surface area contributed by atoms with E-state index in [2.05, 4.69) is 40.7 Å². The van der Waals surface area contributed by atoms with Gasteiger partial charge in [-0.25, -0.2) is 0 Å². The molecule has 102 valence electrons. The van der Waals surface area contributed by atoms with Crippen LogP contribution in [0.4, 0.5) is 0 Å². The molecule has 0 spiro atoms. The summed E-state index contributed by atoms with van der Waals surface area (Å²) in [5.41, 5.74) is 1.23. The third-order valence-corrected chi connectivity index (χ3v) is 4.29. The van der Waals surface area contributed by atoms with Crippen LogP contribution in [0.5, 0.6) is 0 Å². The van der Waals surface area contributed by atoms with E-state index in [4.69, 9.17) is 8.83 Å². The monoisotopic (exact) mass is 304 g/mol. The molecule has 0 atom stereocenters. The molecule has 3 aromatic rings. The fraction of sp³-hybridized carbons (Fsp3) is 0.143. The van der Waals surface area contributed by atoms with Gasteiger partial charge in [-0.3, -0.25) is 0 Å². The lowest BCUT2D eigenvalue weighted by Gasteiger charge is -2.00. The normalized spacial score (nSPS) is 10.8. The average Bonchev–Trinajstić information content (AvgIpc) is 3.16. The Labute approximate surface area is 125 Å². The van der Waals surface area contributed by atoms with Crippen LogP contribution in [-0.2, 0) is 5.75 Å². The molecule has 0 aliphatic rings. The predicted molar refractivity (Wildman–Crippen MR) is 79.8 cm³/mol. The Hall–Kier alpha value is -1.66. The summed E-state index contributed by atoms with van der Waals surface area (Å²) in [5.74, 6) is 1.80. The number of hydrogen-bond donors (Lipinski definition) is 0. The van der Waals surface area contributed by atoms with Gasteiger partial charge in [0.15, 0.2) is 5.76 Å². The lowest BCUT2D eigenvalue weighted by molar-refractivity contribution is 0.447. The molecular formula is C14H12N2O2S2. The second-order valence-corrected chi connectivity index (χ2v) is 5.79. The van der Waals surface area contributed by atoms with E-state index >= 15 is 0 Å². The number of nitrogens with zero attached hydrogens (tertiary/aromatic N) is 2. The Morgan fingerprint density at radius 1 is 1.10 bits per heavy atom. The summed E-state index contributed by atoms with van der Waals surface area (Å²) < 4.78 is 10.8. The van der Waals surface area contributed by atoms with Crippen molar-refractivity contribution in [1.29, 1.82) is 0 Å². The minimum absolute atomic E-state index is 0.412. The van der Waals surface area contributed by atoms with Crippen molar-refractivity contribution in [1.82, 2.24) is 10.2 Å². The van der Waals surface area contributed by atoms with E-state index < -0.39 is 0 Å². The van der Waals surface area contributed by atoms with Gasteiger partial charge in [-0.2, -0.15) is 0 Å². The second kappa shape index (κ2) is 6.19. The molecule has 0 bridgehead atoms. The van der Waals surface area contributed by atoms with E-state index in [0.717, 1.165) is 5.75 Å². The van der Waals surface area contributed by atoms with Crippen LogP contribution in [0.1, 0.15) is 5.56 Å². The third-order valence-electron chi connectivity index (χ3n) is 2.66. The van der Waals surface area contributed by atoms with Gasteiger partial charge in [-0.15, -0.1) is 22.0 Å². The summed E-state index contributed by atoms with van der Waals surface area (Å²) in [6, 6.07) is 12.0. The topological polar surface area (TPSA) is 52.1 Å². The molecule has 0 saturated heterocycles. The quantitative estimate of drug-likeness (QED) is 0.653. The van der Waals surface area contributed by atoms with Gasteiger partial charge in [0.2, 0.25) is 0 Å². The number of hydrogen-bond acceptors (Lipinski definition) is 6. The van der Waals surface area contributed by atoms with E-state index in [1.54, 1.807) is 30.2 Å². The fourth-order valence-electron chi connectivity index (χ4n) is 1.63. The van der Waals surface area contributed by atoms with Gasteiger partial charge in [0.25, 0.3) is 11.1 Å². The summed E-state index contributed by atoms with van der Waals surface area (Å²) in [4.78, 5) is 1.26. The summed E-state index contributed by atoms with van der Waals surface area (Å²) in [7, 11) is 0. The standard InChI is InChI=1S/C14H12N2O2S2/c1-19-11-6-4-10(5-7-11)9-20-14-16-15-13(18-14)12-3-2-8-17-12/h2-8H,9H2,1H3. The molecule has 2 aromatic heterocycles. The Kier molecular flexibility index (Phi) is 4.13. The highest BCUT2D eigenvalue weighted by molar-refractivity contribution is 7.98. The summed E-state index contributed by atoms with van der Waals surface area (Å²) >= 11 is 3.25. The second-order valence-electron chi connectivity index (χ2n) is 3.99. The van der Waals surface area contributed by atoms with Crippen LogP contribution < -0.4 is 0 Å². The van der Waals surface area contributed by atoms with E-state index in [0.29, 0.717) is 16.9 Å². The fourth-order valence-corrected chi connectivity index (χ4v) is 2.76. The van der Waals surface area contributed by atoms with Gasteiger partial charge >= 0.3 is 0 Å². The van der Waals surface area contributed by atoms with Gasteiger partial charge in [0.1, 0.15) is 0 Å². The van der Waals surface area contributed by atoms with E-state index in [1.165, 1.54) is 22.2 Å². The Bertz CT molecular complexity index is 663. The molecule has 0 aliphatic carbocycles. The van der Waals surface area contributed by atoms with Crippen LogP contribution in [-0.4, -0.2) is 16.5 Å². The maximum absolute atomic E-state index is 5.54. The highest BCUT2D eigenvalue weighted by Gasteiger charge is 2.11. The lowest BCUT2D eigenvalue weighted by Crippen LogP contribution is -1.80. The third kappa shape index (κ3) is 3.08. The molecule has 0 radical (unpaired) electrons. The maximum atomic E-state index is 5.54. The van der Waals surface area contributed by atoms with Crippen molar-refractivity contribution in [2.24, 2.45) is 0 Å². The van der Waals surface area contributed by atoms with Crippen LogP contribution in [0.3, 0.4) is 0 Å². The van der Waals surface area contributed by atoms with Crippen molar-refractivity contribution < 1.29 is 8.83 Å². The summed E-state index contributed by atoms with van der Waals surface area (Å²) in [6.07, 6.45) is 3.65. The Balaban J connectivity index is 1.63. The number of furan rings is 1. The van der Waals surface area contributed by atoms with Gasteiger partial charge in [0.05, 0.1) is 6.26 Å². The van der Waals surface area contributed by atoms with Crippen molar-refractivity contribution in [3.05, 3.63) is 48.2 Å². The molecule has 0 unspecified atom stereocenters.